The summed E-state index contributed by atoms with van der Waals surface area (Å²) in [5.41, 5.74) is 3.11. The minimum atomic E-state index is -0.0652. The molecule has 1 unspecified atom stereocenters. The molecular weight excluding hydrogens is 238 g/mol. The highest BCUT2D eigenvalue weighted by molar-refractivity contribution is 6.20. The van der Waals surface area contributed by atoms with Gasteiger partial charge in [-0.25, -0.2) is 0 Å². The molecule has 0 saturated heterocycles. The number of alkyl halides is 1. The molecule has 0 spiro atoms. The molecular formula is C13H14ClNO2. The number of aliphatic hydroxyl groups excluding tert-OH is 1. The van der Waals surface area contributed by atoms with Crippen molar-refractivity contribution in [2.45, 2.75) is 25.1 Å². The Labute approximate surface area is 105 Å². The second kappa shape index (κ2) is 4.02. The van der Waals surface area contributed by atoms with Crippen LogP contribution in [0.25, 0.3) is 11.0 Å². The minimum absolute atomic E-state index is 0.0143. The summed E-state index contributed by atoms with van der Waals surface area (Å²) in [5.74, 6) is 0.657. The van der Waals surface area contributed by atoms with Gasteiger partial charge in [-0.1, -0.05) is 12.1 Å². The molecule has 2 heterocycles. The Balaban J connectivity index is 2.29. The van der Waals surface area contributed by atoms with E-state index < -0.39 is 0 Å². The van der Waals surface area contributed by atoms with Crippen LogP contribution in [0.5, 0.6) is 0 Å². The lowest BCUT2D eigenvalue weighted by atomic mass is 10.0. The van der Waals surface area contributed by atoms with Crippen molar-refractivity contribution in [2.24, 2.45) is 0 Å². The van der Waals surface area contributed by atoms with Crippen molar-refractivity contribution in [1.29, 1.82) is 0 Å². The molecule has 90 valence electrons. The Kier molecular flexibility index (Phi) is 2.62. The van der Waals surface area contributed by atoms with Gasteiger partial charge in [0.1, 0.15) is 18.0 Å². The van der Waals surface area contributed by atoms with Gasteiger partial charge >= 0.3 is 0 Å². The molecule has 0 bridgehead atoms. The van der Waals surface area contributed by atoms with E-state index in [9.17, 15) is 5.11 Å². The third kappa shape index (κ3) is 1.66. The maximum atomic E-state index is 9.36. The third-order valence-corrected chi connectivity index (χ3v) is 3.89. The molecule has 3 rings (SSSR count). The standard InChI is InChI=1S/C13H14ClNO2/c1-15-6-9-11(7-16)17-10-4-2-3-8(13(9)10)5-12(15)14/h2-4,12,16H,5-7H2,1H3. The van der Waals surface area contributed by atoms with Crippen LogP contribution in [0.4, 0.5) is 0 Å². The maximum Gasteiger partial charge on any atom is 0.135 e. The minimum Gasteiger partial charge on any atom is -0.458 e. The SMILES string of the molecule is CN1Cc2c(CO)oc3cccc(c23)CC1Cl. The van der Waals surface area contributed by atoms with Crippen LogP contribution in [0.2, 0.25) is 0 Å². The molecule has 1 aliphatic rings. The molecule has 0 fully saturated rings. The fourth-order valence-electron chi connectivity index (χ4n) is 2.49. The van der Waals surface area contributed by atoms with Crippen molar-refractivity contribution in [2.75, 3.05) is 7.05 Å². The zero-order chi connectivity index (χ0) is 12.0. The predicted octanol–water partition coefficient (Wildman–Crippen LogP) is 2.48. The number of hydrogen-bond donors (Lipinski definition) is 1. The van der Waals surface area contributed by atoms with Crippen molar-refractivity contribution >= 4 is 22.6 Å². The van der Waals surface area contributed by atoms with Gasteiger partial charge in [-0.2, -0.15) is 0 Å². The van der Waals surface area contributed by atoms with Gasteiger partial charge in [-0.15, -0.1) is 11.6 Å². The fraction of sp³-hybridized carbons (Fsp3) is 0.385. The van der Waals surface area contributed by atoms with E-state index in [1.54, 1.807) is 0 Å². The highest BCUT2D eigenvalue weighted by Gasteiger charge is 2.25. The molecule has 0 amide bonds. The first-order chi connectivity index (χ1) is 8.20. The van der Waals surface area contributed by atoms with Gasteiger partial charge < -0.3 is 9.52 Å². The van der Waals surface area contributed by atoms with Crippen molar-refractivity contribution in [3.8, 4) is 0 Å². The summed E-state index contributed by atoms with van der Waals surface area (Å²) in [4.78, 5) is 2.07. The summed E-state index contributed by atoms with van der Waals surface area (Å²) >= 11 is 6.33. The Hall–Kier alpha value is -1.03. The topological polar surface area (TPSA) is 36.6 Å². The zero-order valence-corrected chi connectivity index (χ0v) is 10.4. The average Bonchev–Trinajstić information content (AvgIpc) is 2.61. The largest absolute Gasteiger partial charge is 0.458 e. The van der Waals surface area contributed by atoms with Gasteiger partial charge in [-0.05, 0) is 18.7 Å². The summed E-state index contributed by atoms with van der Waals surface area (Å²) < 4.78 is 5.68. The van der Waals surface area contributed by atoms with Crippen LogP contribution in [-0.2, 0) is 19.6 Å². The molecule has 2 aromatic rings. The lowest BCUT2D eigenvalue weighted by molar-refractivity contribution is 0.242. The van der Waals surface area contributed by atoms with Gasteiger partial charge in [-0.3, -0.25) is 4.90 Å². The number of halogens is 1. The Morgan fingerprint density at radius 2 is 2.35 bits per heavy atom. The van der Waals surface area contributed by atoms with E-state index >= 15 is 0 Å². The van der Waals surface area contributed by atoms with Crippen LogP contribution in [-0.4, -0.2) is 22.6 Å². The number of aliphatic hydroxyl groups is 1. The first-order valence-corrected chi connectivity index (χ1v) is 6.11. The molecule has 1 aromatic carbocycles. The van der Waals surface area contributed by atoms with Crippen molar-refractivity contribution < 1.29 is 9.52 Å². The molecule has 1 aliphatic heterocycles. The van der Waals surface area contributed by atoms with Crippen LogP contribution in [0.1, 0.15) is 16.9 Å². The summed E-state index contributed by atoms with van der Waals surface area (Å²) in [5, 5.41) is 10.5. The third-order valence-electron chi connectivity index (χ3n) is 3.40. The molecule has 1 N–H and O–H groups in total. The highest BCUT2D eigenvalue weighted by atomic mass is 35.5. The van der Waals surface area contributed by atoms with E-state index in [-0.39, 0.29) is 12.1 Å². The van der Waals surface area contributed by atoms with Crippen LogP contribution in [0.15, 0.2) is 22.6 Å². The average molecular weight is 252 g/mol. The van der Waals surface area contributed by atoms with Gasteiger partial charge in [0.2, 0.25) is 0 Å². The van der Waals surface area contributed by atoms with E-state index in [0.717, 1.165) is 23.0 Å². The normalized spacial score (nSPS) is 20.8. The monoisotopic (exact) mass is 251 g/mol. The van der Waals surface area contributed by atoms with E-state index in [1.807, 2.05) is 19.2 Å². The van der Waals surface area contributed by atoms with Crippen LogP contribution >= 0.6 is 11.6 Å². The number of likely N-dealkylation sites (N-methyl/N-ethyl adjacent to an activating group) is 1. The van der Waals surface area contributed by atoms with Crippen molar-refractivity contribution in [1.82, 2.24) is 4.90 Å². The number of rotatable bonds is 1. The second-order valence-corrected chi connectivity index (χ2v) is 5.01. The fourth-order valence-corrected chi connectivity index (χ4v) is 2.72. The molecule has 0 radical (unpaired) electrons. The summed E-state index contributed by atoms with van der Waals surface area (Å²) in [6.07, 6.45) is 0.798. The van der Waals surface area contributed by atoms with Gasteiger partial charge in [0, 0.05) is 23.9 Å². The van der Waals surface area contributed by atoms with E-state index in [0.29, 0.717) is 12.3 Å². The number of benzene rings is 1. The molecule has 1 atom stereocenters. The maximum absolute atomic E-state index is 9.36. The number of hydrogen-bond acceptors (Lipinski definition) is 3. The summed E-state index contributed by atoms with van der Waals surface area (Å²) in [7, 11) is 1.99. The van der Waals surface area contributed by atoms with E-state index in [4.69, 9.17) is 16.0 Å². The van der Waals surface area contributed by atoms with Crippen molar-refractivity contribution in [3.63, 3.8) is 0 Å². The quantitative estimate of drug-likeness (QED) is 0.625. The molecule has 1 aromatic heterocycles. The van der Waals surface area contributed by atoms with Gasteiger partial charge in [0.15, 0.2) is 0 Å². The number of nitrogens with zero attached hydrogens (tertiary/aromatic N) is 1. The molecule has 0 aliphatic carbocycles. The van der Waals surface area contributed by atoms with Crippen molar-refractivity contribution in [3.05, 3.63) is 35.1 Å². The first kappa shape index (κ1) is 11.1. The molecule has 3 nitrogen and oxygen atoms in total. The lowest BCUT2D eigenvalue weighted by Crippen LogP contribution is -2.26. The second-order valence-electron chi connectivity index (χ2n) is 4.51. The Morgan fingerprint density at radius 3 is 3.12 bits per heavy atom. The van der Waals surface area contributed by atoms with Gasteiger partial charge in [0.05, 0.1) is 5.50 Å². The van der Waals surface area contributed by atoms with E-state index in [2.05, 4.69) is 11.0 Å². The van der Waals surface area contributed by atoms with Crippen LogP contribution in [0, 0.1) is 0 Å². The lowest BCUT2D eigenvalue weighted by Gasteiger charge is -2.19. The Morgan fingerprint density at radius 1 is 1.53 bits per heavy atom. The van der Waals surface area contributed by atoms with E-state index in [1.165, 1.54) is 5.56 Å². The van der Waals surface area contributed by atoms with Gasteiger partial charge in [0.25, 0.3) is 0 Å². The number of furan rings is 1. The molecule has 0 saturated carbocycles. The smallest absolute Gasteiger partial charge is 0.135 e. The Bertz CT molecular complexity index is 564. The molecule has 4 heteroatoms. The predicted molar refractivity (Wildman–Crippen MR) is 66.9 cm³/mol. The summed E-state index contributed by atoms with van der Waals surface area (Å²) in [6.45, 7) is 0.651. The zero-order valence-electron chi connectivity index (χ0n) is 9.61. The summed E-state index contributed by atoms with van der Waals surface area (Å²) in [6, 6.07) is 5.99. The van der Waals surface area contributed by atoms with Crippen LogP contribution in [0.3, 0.4) is 0 Å². The first-order valence-electron chi connectivity index (χ1n) is 5.68. The van der Waals surface area contributed by atoms with Crippen LogP contribution < -0.4 is 0 Å². The highest BCUT2D eigenvalue weighted by Crippen LogP contribution is 2.34. The molecule has 17 heavy (non-hydrogen) atoms.